The third-order valence-electron chi connectivity index (χ3n) is 4.39. The van der Waals surface area contributed by atoms with E-state index in [-0.39, 0.29) is 5.97 Å². The summed E-state index contributed by atoms with van der Waals surface area (Å²) in [4.78, 5) is 19.1. The molecule has 1 aliphatic heterocycles. The van der Waals surface area contributed by atoms with Gasteiger partial charge in [0.2, 0.25) is 0 Å². The maximum absolute atomic E-state index is 12.1. The van der Waals surface area contributed by atoms with Gasteiger partial charge in [0, 0.05) is 17.5 Å². The molecule has 0 aliphatic carbocycles. The van der Waals surface area contributed by atoms with Crippen molar-refractivity contribution < 1.29 is 9.53 Å². The molecule has 0 saturated heterocycles. The fraction of sp³-hybridized carbons (Fsp3) is 0.143. The van der Waals surface area contributed by atoms with Crippen LogP contribution in [0.5, 0.6) is 0 Å². The van der Waals surface area contributed by atoms with Crippen LogP contribution in [0, 0.1) is 0 Å². The van der Waals surface area contributed by atoms with Crippen molar-refractivity contribution in [3.63, 3.8) is 0 Å². The van der Waals surface area contributed by atoms with Gasteiger partial charge in [-0.05, 0) is 23.8 Å². The predicted molar refractivity (Wildman–Crippen MR) is 99.2 cm³/mol. The van der Waals surface area contributed by atoms with Crippen molar-refractivity contribution >= 4 is 28.8 Å². The van der Waals surface area contributed by atoms with Crippen molar-refractivity contribution in [1.29, 1.82) is 0 Å². The fourth-order valence-electron chi connectivity index (χ4n) is 3.18. The van der Waals surface area contributed by atoms with Crippen LogP contribution in [0.25, 0.3) is 17.0 Å². The van der Waals surface area contributed by atoms with Crippen molar-refractivity contribution in [3.8, 4) is 0 Å². The first-order chi connectivity index (χ1) is 12.2. The number of pyridine rings is 1. The van der Waals surface area contributed by atoms with Gasteiger partial charge in [0.15, 0.2) is 0 Å². The molecule has 0 amide bonds. The number of hydrogen-bond donors (Lipinski definition) is 0. The number of carbonyl (C=O) groups is 1. The van der Waals surface area contributed by atoms with Gasteiger partial charge < -0.3 is 9.64 Å². The number of benzene rings is 2. The van der Waals surface area contributed by atoms with E-state index in [4.69, 9.17) is 9.72 Å². The Balaban J connectivity index is 1.81. The number of nitrogens with zero attached hydrogens (tertiary/aromatic N) is 2. The lowest BCUT2D eigenvalue weighted by Gasteiger charge is -2.30. The van der Waals surface area contributed by atoms with Crippen LogP contribution in [-0.2, 0) is 16.1 Å². The van der Waals surface area contributed by atoms with Crippen LogP contribution in [0.2, 0.25) is 0 Å². The van der Waals surface area contributed by atoms with Crippen molar-refractivity contribution in [3.05, 3.63) is 77.4 Å². The monoisotopic (exact) mass is 330 g/mol. The highest BCUT2D eigenvalue weighted by molar-refractivity contribution is 5.98. The van der Waals surface area contributed by atoms with Gasteiger partial charge in [-0.25, -0.2) is 9.78 Å². The molecule has 4 rings (SSSR count). The number of carbonyl (C=O) groups excluding carboxylic acids is 1. The zero-order valence-electron chi connectivity index (χ0n) is 14.0. The van der Waals surface area contributed by atoms with E-state index in [1.165, 1.54) is 12.7 Å². The molecule has 0 fully saturated rings. The number of ether oxygens (including phenoxy) is 1. The van der Waals surface area contributed by atoms with Gasteiger partial charge >= 0.3 is 5.97 Å². The second kappa shape index (κ2) is 6.40. The molecule has 2 aromatic carbocycles. The Morgan fingerprint density at radius 1 is 1.12 bits per heavy atom. The Bertz CT molecular complexity index is 964. The molecule has 1 aliphatic rings. The summed E-state index contributed by atoms with van der Waals surface area (Å²) in [5, 5.41) is 1.06. The maximum Gasteiger partial charge on any atom is 0.335 e. The second-order valence-corrected chi connectivity index (χ2v) is 6.10. The third kappa shape index (κ3) is 2.98. The number of methoxy groups -OCH3 is 1. The maximum atomic E-state index is 12.1. The zero-order valence-corrected chi connectivity index (χ0v) is 14.0. The van der Waals surface area contributed by atoms with Gasteiger partial charge in [0.05, 0.1) is 24.7 Å². The van der Waals surface area contributed by atoms with Crippen LogP contribution in [0.1, 0.15) is 11.1 Å². The van der Waals surface area contributed by atoms with Crippen LogP contribution in [-0.4, -0.2) is 24.6 Å². The first-order valence-electron chi connectivity index (χ1n) is 8.22. The molecule has 1 aromatic heterocycles. The smallest absolute Gasteiger partial charge is 0.335 e. The summed E-state index contributed by atoms with van der Waals surface area (Å²) >= 11 is 0. The molecular weight excluding hydrogens is 312 g/mol. The minimum atomic E-state index is -0.295. The topological polar surface area (TPSA) is 42.4 Å². The molecule has 4 nitrogen and oxygen atoms in total. The molecule has 0 bridgehead atoms. The SMILES string of the molecule is COC(=O)C1=Cc2cc3ccccc3nc2N(Cc2ccccc2)C1. The number of esters is 1. The molecule has 0 atom stereocenters. The molecule has 0 unspecified atom stereocenters. The molecule has 0 N–H and O–H groups in total. The number of anilines is 1. The molecular formula is C21H18N2O2. The highest BCUT2D eigenvalue weighted by Gasteiger charge is 2.24. The van der Waals surface area contributed by atoms with Crippen LogP contribution in [0.15, 0.2) is 66.2 Å². The summed E-state index contributed by atoms with van der Waals surface area (Å²) in [6.45, 7) is 1.17. The first kappa shape index (κ1) is 15.4. The van der Waals surface area contributed by atoms with Crippen LogP contribution in [0.3, 0.4) is 0 Å². The Morgan fingerprint density at radius 3 is 2.68 bits per heavy atom. The molecule has 3 aromatic rings. The highest BCUT2D eigenvalue weighted by Crippen LogP contribution is 2.31. The lowest BCUT2D eigenvalue weighted by molar-refractivity contribution is -0.136. The largest absolute Gasteiger partial charge is 0.466 e. The van der Waals surface area contributed by atoms with Crippen LogP contribution < -0.4 is 4.90 Å². The number of fused-ring (bicyclic) bond motifs is 2. The predicted octanol–water partition coefficient (Wildman–Crippen LogP) is 3.81. The van der Waals surface area contributed by atoms with Crippen molar-refractivity contribution in [2.75, 3.05) is 18.6 Å². The molecule has 4 heteroatoms. The van der Waals surface area contributed by atoms with Gasteiger partial charge in [-0.3, -0.25) is 0 Å². The van der Waals surface area contributed by atoms with E-state index >= 15 is 0 Å². The minimum absolute atomic E-state index is 0.295. The summed E-state index contributed by atoms with van der Waals surface area (Å²) < 4.78 is 4.94. The average Bonchev–Trinajstić information content (AvgIpc) is 2.66. The van der Waals surface area contributed by atoms with Crippen LogP contribution >= 0.6 is 0 Å². The Kier molecular flexibility index (Phi) is 3.94. The molecule has 0 saturated carbocycles. The van der Waals surface area contributed by atoms with E-state index in [1.54, 1.807) is 0 Å². The normalized spacial score (nSPS) is 13.3. The number of para-hydroxylation sites is 1. The first-order valence-corrected chi connectivity index (χ1v) is 8.22. The summed E-state index contributed by atoms with van der Waals surface area (Å²) in [7, 11) is 1.42. The van der Waals surface area contributed by atoms with Gasteiger partial charge in [0.25, 0.3) is 0 Å². The summed E-state index contributed by atoms with van der Waals surface area (Å²) in [6.07, 6.45) is 1.89. The van der Waals surface area contributed by atoms with Crippen molar-refractivity contribution in [2.24, 2.45) is 0 Å². The standard InChI is InChI=1S/C21H18N2O2/c1-25-21(24)18-12-17-11-16-9-5-6-10-19(16)22-20(17)23(14-18)13-15-7-3-2-4-8-15/h2-12H,13-14H2,1H3. The van der Waals surface area contributed by atoms with Gasteiger partial charge in [0.1, 0.15) is 5.82 Å². The van der Waals surface area contributed by atoms with E-state index in [1.807, 2.05) is 48.5 Å². The Hall–Kier alpha value is -3.14. The fourth-order valence-corrected chi connectivity index (χ4v) is 3.18. The third-order valence-corrected chi connectivity index (χ3v) is 4.39. The van der Waals surface area contributed by atoms with Gasteiger partial charge in [-0.2, -0.15) is 0 Å². The van der Waals surface area contributed by atoms with E-state index in [2.05, 4.69) is 23.1 Å². The summed E-state index contributed by atoms with van der Waals surface area (Å²) in [6, 6.07) is 20.3. The van der Waals surface area contributed by atoms with E-state index < -0.39 is 0 Å². The van der Waals surface area contributed by atoms with Crippen molar-refractivity contribution in [1.82, 2.24) is 4.98 Å². The highest BCUT2D eigenvalue weighted by atomic mass is 16.5. The Morgan fingerprint density at radius 2 is 1.88 bits per heavy atom. The van der Waals surface area contributed by atoms with Gasteiger partial charge in [-0.15, -0.1) is 0 Å². The van der Waals surface area contributed by atoms with Gasteiger partial charge in [-0.1, -0.05) is 48.5 Å². The number of aromatic nitrogens is 1. The number of rotatable bonds is 3. The number of hydrogen-bond acceptors (Lipinski definition) is 4. The molecule has 0 radical (unpaired) electrons. The molecule has 0 spiro atoms. The second-order valence-electron chi connectivity index (χ2n) is 6.10. The van der Waals surface area contributed by atoms with E-state index in [0.717, 1.165) is 22.3 Å². The molecule has 2 heterocycles. The lowest BCUT2D eigenvalue weighted by atomic mass is 10.0. The summed E-state index contributed by atoms with van der Waals surface area (Å²) in [5.74, 6) is 0.604. The quantitative estimate of drug-likeness (QED) is 0.685. The molecule has 25 heavy (non-hydrogen) atoms. The van der Waals surface area contributed by atoms with Crippen LogP contribution in [0.4, 0.5) is 5.82 Å². The minimum Gasteiger partial charge on any atom is -0.466 e. The van der Waals surface area contributed by atoms with E-state index in [0.29, 0.717) is 18.7 Å². The van der Waals surface area contributed by atoms with Crippen molar-refractivity contribution in [2.45, 2.75) is 6.54 Å². The van der Waals surface area contributed by atoms with E-state index in [9.17, 15) is 4.79 Å². The zero-order chi connectivity index (χ0) is 17.2. The lowest BCUT2D eigenvalue weighted by Crippen LogP contribution is -2.31. The molecule has 124 valence electrons. The average molecular weight is 330 g/mol. The Labute approximate surface area is 146 Å². The summed E-state index contributed by atoms with van der Waals surface area (Å²) in [5.41, 5.74) is 3.72.